The first-order valence-electron chi connectivity index (χ1n) is 7.05. The molecule has 0 saturated heterocycles. The average Bonchev–Trinajstić information content (AvgIpc) is 2.26. The van der Waals surface area contributed by atoms with Crippen molar-refractivity contribution < 1.29 is 4.74 Å². The number of rotatable bonds is 5. The molecule has 1 unspecified atom stereocenters. The third kappa shape index (κ3) is 3.12. The molecule has 1 saturated carbocycles. The van der Waals surface area contributed by atoms with E-state index in [1.54, 1.807) is 0 Å². The molecule has 0 heterocycles. The molecule has 2 nitrogen and oxygen atoms in total. The van der Waals surface area contributed by atoms with E-state index in [9.17, 15) is 0 Å². The lowest BCUT2D eigenvalue weighted by molar-refractivity contribution is -0.0120. The lowest BCUT2D eigenvalue weighted by atomic mass is 9.87. The Morgan fingerprint density at radius 3 is 2.67 bits per heavy atom. The zero-order chi connectivity index (χ0) is 13.1. The third-order valence-corrected chi connectivity index (χ3v) is 3.87. The summed E-state index contributed by atoms with van der Waals surface area (Å²) in [5.41, 5.74) is 4.14. The highest BCUT2D eigenvalue weighted by Gasteiger charge is 2.30. The maximum absolute atomic E-state index is 5.59. The van der Waals surface area contributed by atoms with Crippen LogP contribution in [0.4, 0.5) is 0 Å². The highest BCUT2D eigenvalue weighted by Crippen LogP contribution is 2.27. The largest absolute Gasteiger partial charge is 0.378 e. The standard InChI is InChI=1S/C16H25NO/c1-5-18-15-9-14(10-15)17-13(4)16-7-6-11(2)8-12(16)3/h6-8,13-15,17H,5,9-10H2,1-4H3. The van der Waals surface area contributed by atoms with Crippen molar-refractivity contribution in [3.63, 3.8) is 0 Å². The van der Waals surface area contributed by atoms with Gasteiger partial charge in [-0.05, 0) is 51.7 Å². The lowest BCUT2D eigenvalue weighted by Gasteiger charge is -2.37. The van der Waals surface area contributed by atoms with Crippen LogP contribution >= 0.6 is 0 Å². The molecule has 2 heteroatoms. The van der Waals surface area contributed by atoms with Crippen LogP contribution in [0.2, 0.25) is 0 Å². The van der Waals surface area contributed by atoms with Crippen molar-refractivity contribution in [1.29, 1.82) is 0 Å². The van der Waals surface area contributed by atoms with Crippen LogP contribution in [0.3, 0.4) is 0 Å². The van der Waals surface area contributed by atoms with Crippen LogP contribution in [-0.4, -0.2) is 18.8 Å². The summed E-state index contributed by atoms with van der Waals surface area (Å²) in [5.74, 6) is 0. The lowest BCUT2D eigenvalue weighted by Crippen LogP contribution is -2.46. The van der Waals surface area contributed by atoms with Crippen molar-refractivity contribution in [2.75, 3.05) is 6.61 Å². The van der Waals surface area contributed by atoms with E-state index < -0.39 is 0 Å². The van der Waals surface area contributed by atoms with E-state index >= 15 is 0 Å². The van der Waals surface area contributed by atoms with Crippen molar-refractivity contribution in [3.05, 3.63) is 34.9 Å². The molecular formula is C16H25NO. The van der Waals surface area contributed by atoms with Crippen molar-refractivity contribution in [2.45, 2.75) is 58.7 Å². The first-order chi connectivity index (χ1) is 8.60. The summed E-state index contributed by atoms with van der Waals surface area (Å²) in [6, 6.07) is 7.76. The minimum atomic E-state index is 0.429. The number of hydrogen-bond donors (Lipinski definition) is 1. The monoisotopic (exact) mass is 247 g/mol. The Labute approximate surface area is 111 Å². The van der Waals surface area contributed by atoms with Crippen LogP contribution in [0.25, 0.3) is 0 Å². The van der Waals surface area contributed by atoms with Gasteiger partial charge in [0.1, 0.15) is 0 Å². The number of aryl methyl sites for hydroxylation is 2. The molecule has 0 aromatic heterocycles. The van der Waals surface area contributed by atoms with Crippen molar-refractivity contribution in [3.8, 4) is 0 Å². The molecule has 18 heavy (non-hydrogen) atoms. The number of benzene rings is 1. The van der Waals surface area contributed by atoms with E-state index in [4.69, 9.17) is 4.74 Å². The summed E-state index contributed by atoms with van der Waals surface area (Å²) < 4.78 is 5.59. The Hall–Kier alpha value is -0.860. The first kappa shape index (κ1) is 13.6. The number of nitrogens with one attached hydrogen (secondary N) is 1. The summed E-state index contributed by atoms with van der Waals surface area (Å²) in [6.07, 6.45) is 2.80. The molecule has 0 bridgehead atoms. The molecule has 0 aliphatic heterocycles. The maximum Gasteiger partial charge on any atom is 0.0604 e. The second-order valence-corrected chi connectivity index (χ2v) is 5.49. The molecule has 0 spiro atoms. The molecule has 1 fully saturated rings. The van der Waals surface area contributed by atoms with Gasteiger partial charge < -0.3 is 10.1 Å². The van der Waals surface area contributed by atoms with Gasteiger partial charge in [0.05, 0.1) is 6.10 Å². The van der Waals surface area contributed by atoms with E-state index in [0.29, 0.717) is 18.2 Å². The molecule has 1 N–H and O–H groups in total. The van der Waals surface area contributed by atoms with E-state index in [2.05, 4.69) is 51.2 Å². The molecule has 100 valence electrons. The Bertz CT molecular complexity index is 396. The Morgan fingerprint density at radius 1 is 1.33 bits per heavy atom. The van der Waals surface area contributed by atoms with Gasteiger partial charge in [0.25, 0.3) is 0 Å². The Balaban J connectivity index is 1.87. The SMILES string of the molecule is CCOC1CC(NC(C)c2ccc(C)cc2C)C1. The maximum atomic E-state index is 5.59. The van der Waals surface area contributed by atoms with Gasteiger partial charge in [-0.15, -0.1) is 0 Å². The summed E-state index contributed by atoms with van der Waals surface area (Å²) >= 11 is 0. The molecule has 1 aliphatic rings. The molecule has 1 aromatic carbocycles. The summed E-state index contributed by atoms with van der Waals surface area (Å²) in [7, 11) is 0. The van der Waals surface area contributed by atoms with E-state index in [1.807, 2.05) is 0 Å². The molecule has 2 rings (SSSR count). The van der Waals surface area contributed by atoms with Crippen LogP contribution in [0, 0.1) is 13.8 Å². The fourth-order valence-corrected chi connectivity index (χ4v) is 2.83. The van der Waals surface area contributed by atoms with Crippen molar-refractivity contribution in [2.24, 2.45) is 0 Å². The fraction of sp³-hybridized carbons (Fsp3) is 0.625. The summed E-state index contributed by atoms with van der Waals surface area (Å²) in [5, 5.41) is 3.70. The molecule has 1 aliphatic carbocycles. The predicted octanol–water partition coefficient (Wildman–Crippen LogP) is 3.52. The average molecular weight is 247 g/mol. The van der Waals surface area contributed by atoms with Gasteiger partial charge in [-0.25, -0.2) is 0 Å². The molecular weight excluding hydrogens is 222 g/mol. The topological polar surface area (TPSA) is 21.3 Å². The third-order valence-electron chi connectivity index (χ3n) is 3.87. The molecule has 0 radical (unpaired) electrons. The molecule has 1 atom stereocenters. The van der Waals surface area contributed by atoms with Gasteiger partial charge in [0.2, 0.25) is 0 Å². The first-order valence-corrected chi connectivity index (χ1v) is 7.05. The quantitative estimate of drug-likeness (QED) is 0.859. The van der Waals surface area contributed by atoms with Crippen molar-refractivity contribution in [1.82, 2.24) is 5.32 Å². The highest BCUT2D eigenvalue weighted by molar-refractivity contribution is 5.32. The number of hydrogen-bond acceptors (Lipinski definition) is 2. The van der Waals surface area contributed by atoms with Gasteiger partial charge in [0, 0.05) is 18.7 Å². The second-order valence-electron chi connectivity index (χ2n) is 5.49. The van der Waals surface area contributed by atoms with Gasteiger partial charge in [0.15, 0.2) is 0 Å². The summed E-state index contributed by atoms with van der Waals surface area (Å²) in [4.78, 5) is 0. The Kier molecular flexibility index (Phi) is 4.41. The summed E-state index contributed by atoms with van der Waals surface area (Å²) in [6.45, 7) is 9.51. The Morgan fingerprint density at radius 2 is 2.06 bits per heavy atom. The fourth-order valence-electron chi connectivity index (χ4n) is 2.83. The van der Waals surface area contributed by atoms with Gasteiger partial charge >= 0.3 is 0 Å². The highest BCUT2D eigenvalue weighted by atomic mass is 16.5. The predicted molar refractivity (Wildman–Crippen MR) is 75.9 cm³/mol. The van der Waals surface area contributed by atoms with Gasteiger partial charge in [-0.2, -0.15) is 0 Å². The zero-order valence-electron chi connectivity index (χ0n) is 12.0. The molecule has 1 aromatic rings. The number of ether oxygens (including phenoxy) is 1. The minimum absolute atomic E-state index is 0.429. The van der Waals surface area contributed by atoms with Crippen LogP contribution < -0.4 is 5.32 Å². The smallest absolute Gasteiger partial charge is 0.0604 e. The normalized spacial score (nSPS) is 24.7. The van der Waals surface area contributed by atoms with Crippen LogP contribution in [0.1, 0.15) is 49.4 Å². The second kappa shape index (κ2) is 5.85. The zero-order valence-corrected chi connectivity index (χ0v) is 12.0. The van der Waals surface area contributed by atoms with Gasteiger partial charge in [-0.1, -0.05) is 23.8 Å². The van der Waals surface area contributed by atoms with E-state index in [1.165, 1.54) is 16.7 Å². The molecule has 0 amide bonds. The van der Waals surface area contributed by atoms with E-state index in [-0.39, 0.29) is 0 Å². The van der Waals surface area contributed by atoms with Crippen LogP contribution in [-0.2, 0) is 4.74 Å². The van der Waals surface area contributed by atoms with Crippen LogP contribution in [0.15, 0.2) is 18.2 Å². The van der Waals surface area contributed by atoms with E-state index in [0.717, 1.165) is 19.4 Å². The minimum Gasteiger partial charge on any atom is -0.378 e. The van der Waals surface area contributed by atoms with Crippen molar-refractivity contribution >= 4 is 0 Å². The van der Waals surface area contributed by atoms with Crippen LogP contribution in [0.5, 0.6) is 0 Å². The van der Waals surface area contributed by atoms with Gasteiger partial charge in [-0.3, -0.25) is 0 Å².